The van der Waals surface area contributed by atoms with Crippen molar-refractivity contribution in [2.24, 2.45) is 0 Å². The lowest BCUT2D eigenvalue weighted by atomic mass is 10.1. The van der Waals surface area contributed by atoms with Crippen molar-refractivity contribution in [2.75, 3.05) is 49.7 Å². The molecule has 1 N–H and O–H groups in total. The van der Waals surface area contributed by atoms with E-state index in [2.05, 4.69) is 5.32 Å². The van der Waals surface area contributed by atoms with Crippen LogP contribution in [0.15, 0.2) is 42.5 Å². The van der Waals surface area contributed by atoms with E-state index in [1.807, 2.05) is 4.90 Å². The summed E-state index contributed by atoms with van der Waals surface area (Å²) in [5.74, 6) is -0.750. The van der Waals surface area contributed by atoms with Crippen molar-refractivity contribution in [2.45, 2.75) is 12.3 Å². The molecular formula is C22H21F3N2O6. The van der Waals surface area contributed by atoms with Crippen LogP contribution in [0, 0.1) is 0 Å². The number of alkyl halides is 3. The summed E-state index contributed by atoms with van der Waals surface area (Å²) in [7, 11) is 0. The number of fused-ring (bicyclic) bond motifs is 1. The molecule has 0 unspecified atom stereocenters. The molecule has 0 bridgehead atoms. The number of rotatable bonds is 5. The lowest BCUT2D eigenvalue weighted by molar-refractivity contribution is -0.156. The smallest absolute Gasteiger partial charge is 0.416 e. The van der Waals surface area contributed by atoms with E-state index in [1.165, 1.54) is 6.07 Å². The number of carbonyl (C=O) groups excluding carboxylic acids is 2. The Bertz CT molecular complexity index is 1020. The highest BCUT2D eigenvalue weighted by atomic mass is 19.4. The van der Waals surface area contributed by atoms with Gasteiger partial charge in [0.2, 0.25) is 6.10 Å². The number of amides is 1. The van der Waals surface area contributed by atoms with Gasteiger partial charge in [-0.1, -0.05) is 12.1 Å². The van der Waals surface area contributed by atoms with Crippen molar-refractivity contribution in [3.05, 3.63) is 48.0 Å². The highest BCUT2D eigenvalue weighted by molar-refractivity contribution is 5.96. The van der Waals surface area contributed by atoms with Crippen LogP contribution in [0.2, 0.25) is 0 Å². The molecule has 1 fully saturated rings. The van der Waals surface area contributed by atoms with Gasteiger partial charge >= 0.3 is 12.1 Å². The molecule has 2 aliphatic heterocycles. The molecule has 0 saturated carbocycles. The molecule has 1 atom stereocenters. The Balaban J connectivity index is 1.40. The number of benzene rings is 2. The van der Waals surface area contributed by atoms with E-state index in [1.54, 1.807) is 24.3 Å². The van der Waals surface area contributed by atoms with E-state index >= 15 is 0 Å². The van der Waals surface area contributed by atoms with Gasteiger partial charge in [-0.25, -0.2) is 4.79 Å². The maximum absolute atomic E-state index is 13.2. The summed E-state index contributed by atoms with van der Waals surface area (Å²) in [5, 5.41) is 2.42. The Kier molecular flexibility index (Phi) is 6.59. The number of halogens is 3. The topological polar surface area (TPSA) is 86.3 Å². The second-order valence-corrected chi connectivity index (χ2v) is 7.35. The maximum atomic E-state index is 13.2. The van der Waals surface area contributed by atoms with Crippen LogP contribution in [-0.4, -0.2) is 57.5 Å². The second kappa shape index (κ2) is 9.57. The van der Waals surface area contributed by atoms with E-state index < -0.39 is 36.3 Å². The summed E-state index contributed by atoms with van der Waals surface area (Å²) in [4.78, 5) is 26.5. The highest BCUT2D eigenvalue weighted by Crippen LogP contribution is 2.36. The Morgan fingerprint density at radius 1 is 1.09 bits per heavy atom. The highest BCUT2D eigenvalue weighted by Gasteiger charge is 2.32. The van der Waals surface area contributed by atoms with Gasteiger partial charge in [0, 0.05) is 13.1 Å². The number of nitrogens with one attached hydrogen (secondary N) is 1. The van der Waals surface area contributed by atoms with Gasteiger partial charge in [-0.3, -0.25) is 4.79 Å². The minimum absolute atomic E-state index is 0.0287. The molecule has 0 radical (unpaired) electrons. The van der Waals surface area contributed by atoms with Gasteiger partial charge in [-0.05, 0) is 30.3 Å². The second-order valence-electron chi connectivity index (χ2n) is 7.35. The van der Waals surface area contributed by atoms with Crippen LogP contribution >= 0.6 is 0 Å². The van der Waals surface area contributed by atoms with Crippen LogP contribution in [0.3, 0.4) is 0 Å². The molecule has 2 heterocycles. The number of hydrogen-bond acceptors (Lipinski definition) is 7. The van der Waals surface area contributed by atoms with Gasteiger partial charge in [-0.2, -0.15) is 13.2 Å². The third-order valence-electron chi connectivity index (χ3n) is 5.07. The van der Waals surface area contributed by atoms with Crippen LogP contribution in [0.4, 0.5) is 24.5 Å². The molecule has 1 amide bonds. The van der Waals surface area contributed by atoms with E-state index in [0.29, 0.717) is 43.5 Å². The third-order valence-corrected chi connectivity index (χ3v) is 5.07. The van der Waals surface area contributed by atoms with Gasteiger partial charge < -0.3 is 29.2 Å². The van der Waals surface area contributed by atoms with E-state index in [9.17, 15) is 22.8 Å². The molecule has 2 aliphatic rings. The van der Waals surface area contributed by atoms with E-state index in [4.69, 9.17) is 18.9 Å². The summed E-state index contributed by atoms with van der Waals surface area (Å²) in [6.07, 6.45) is -5.64. The summed E-state index contributed by atoms with van der Waals surface area (Å²) >= 11 is 0. The minimum atomic E-state index is -4.58. The summed E-state index contributed by atoms with van der Waals surface area (Å²) in [6, 6.07) is 9.90. The molecular weight excluding hydrogens is 445 g/mol. The molecule has 0 aromatic heterocycles. The fourth-order valence-corrected chi connectivity index (χ4v) is 3.44. The number of hydrogen-bond donors (Lipinski definition) is 1. The van der Waals surface area contributed by atoms with Crippen molar-refractivity contribution >= 4 is 23.3 Å². The molecule has 0 spiro atoms. The monoisotopic (exact) mass is 466 g/mol. The molecule has 8 nitrogen and oxygen atoms in total. The van der Waals surface area contributed by atoms with Gasteiger partial charge in [0.1, 0.15) is 6.61 Å². The molecule has 4 rings (SSSR count). The molecule has 176 valence electrons. The van der Waals surface area contributed by atoms with Crippen LogP contribution in [0.5, 0.6) is 11.5 Å². The van der Waals surface area contributed by atoms with Crippen molar-refractivity contribution in [1.82, 2.24) is 0 Å². The Morgan fingerprint density at radius 2 is 1.82 bits per heavy atom. The zero-order chi connectivity index (χ0) is 23.4. The SMILES string of the molecule is O=C(COC(=O)[C@H]1COc2ccccc2O1)Nc1cc(C(F)(F)F)ccc1N1CCOCC1. The molecule has 11 heteroatoms. The quantitative estimate of drug-likeness (QED) is 0.679. The maximum Gasteiger partial charge on any atom is 0.416 e. The average molecular weight is 466 g/mol. The van der Waals surface area contributed by atoms with Crippen LogP contribution in [-0.2, 0) is 25.2 Å². The number of para-hydroxylation sites is 2. The predicted molar refractivity (Wildman–Crippen MR) is 110 cm³/mol. The number of ether oxygens (including phenoxy) is 4. The third kappa shape index (κ3) is 5.48. The first-order valence-electron chi connectivity index (χ1n) is 10.2. The fourth-order valence-electron chi connectivity index (χ4n) is 3.44. The van der Waals surface area contributed by atoms with Crippen molar-refractivity contribution < 1.29 is 41.7 Å². The number of nitrogens with zero attached hydrogens (tertiary/aromatic N) is 1. The predicted octanol–water partition coefficient (Wildman–Crippen LogP) is 2.86. The van der Waals surface area contributed by atoms with Gasteiger partial charge in [0.05, 0.1) is 30.2 Å². The molecule has 33 heavy (non-hydrogen) atoms. The van der Waals surface area contributed by atoms with E-state index in [0.717, 1.165) is 12.1 Å². The van der Waals surface area contributed by atoms with Gasteiger partial charge in [-0.15, -0.1) is 0 Å². The Hall–Kier alpha value is -3.47. The minimum Gasteiger partial charge on any atom is -0.485 e. The number of morpholine rings is 1. The normalized spacial score (nSPS) is 17.9. The first-order valence-corrected chi connectivity index (χ1v) is 10.2. The van der Waals surface area contributed by atoms with Crippen molar-refractivity contribution in [1.29, 1.82) is 0 Å². The molecule has 0 aliphatic carbocycles. The Morgan fingerprint density at radius 3 is 2.55 bits per heavy atom. The summed E-state index contributed by atoms with van der Waals surface area (Å²) < 4.78 is 60.8. The Labute approximate surface area is 187 Å². The van der Waals surface area contributed by atoms with E-state index in [-0.39, 0.29) is 12.3 Å². The van der Waals surface area contributed by atoms with Crippen LogP contribution < -0.4 is 19.7 Å². The van der Waals surface area contributed by atoms with Gasteiger partial charge in [0.25, 0.3) is 5.91 Å². The largest absolute Gasteiger partial charge is 0.485 e. The van der Waals surface area contributed by atoms with Crippen molar-refractivity contribution in [3.63, 3.8) is 0 Å². The fraction of sp³-hybridized carbons (Fsp3) is 0.364. The van der Waals surface area contributed by atoms with Crippen LogP contribution in [0.1, 0.15) is 5.56 Å². The lowest BCUT2D eigenvalue weighted by Gasteiger charge is -2.31. The zero-order valence-corrected chi connectivity index (χ0v) is 17.4. The molecule has 2 aromatic rings. The zero-order valence-electron chi connectivity index (χ0n) is 17.4. The lowest BCUT2D eigenvalue weighted by Crippen LogP contribution is -2.39. The number of anilines is 2. The number of carbonyl (C=O) groups is 2. The average Bonchev–Trinajstić information content (AvgIpc) is 2.82. The first kappa shape index (κ1) is 22.7. The summed E-state index contributed by atoms with van der Waals surface area (Å²) in [6.45, 7) is 0.968. The number of esters is 1. The molecule has 1 saturated heterocycles. The molecule has 2 aromatic carbocycles. The summed E-state index contributed by atoms with van der Waals surface area (Å²) in [5.41, 5.74) is -0.510. The van der Waals surface area contributed by atoms with Crippen molar-refractivity contribution in [3.8, 4) is 11.5 Å². The van der Waals surface area contributed by atoms with Gasteiger partial charge in [0.15, 0.2) is 18.1 Å². The first-order chi connectivity index (χ1) is 15.8. The standard InChI is InChI=1S/C22H21F3N2O6/c23-22(24,25)14-5-6-16(27-7-9-30-10-8-27)15(11-14)26-20(28)13-32-21(29)19-12-31-17-3-1-2-4-18(17)33-19/h1-6,11,19H,7-10,12-13H2,(H,26,28)/t19-/m1/s1. The van der Waals surface area contributed by atoms with Crippen LogP contribution in [0.25, 0.3) is 0 Å².